The van der Waals surface area contributed by atoms with Crippen LogP contribution in [0.15, 0.2) is 10.6 Å². The first-order chi connectivity index (χ1) is 16.6. The Morgan fingerprint density at radius 3 is 2.43 bits per heavy atom. The average Bonchev–Trinajstić information content (AvgIpc) is 3.34. The van der Waals surface area contributed by atoms with Gasteiger partial charge in [0.25, 0.3) is 0 Å². The molecule has 4 aliphatic rings. The number of fused-ring (bicyclic) bond motifs is 5. The zero-order chi connectivity index (χ0) is 24.8. The molecular formula is C22H24FN5O7. The SMILES string of the molecule is C[C@@H]1CN2c3c(cc4c(N5C[C@H](O)[C@@H](O)C5)noc4c3F)CC3(C(=O)NC(=O)NC3=O)[C@H]2[C@H](C)O1. The second kappa shape index (κ2) is 7.35. The molecule has 4 N–H and O–H groups in total. The van der Waals surface area contributed by atoms with Crippen LogP contribution in [0.2, 0.25) is 0 Å². The van der Waals surface area contributed by atoms with Crippen molar-refractivity contribution in [2.24, 2.45) is 5.41 Å². The van der Waals surface area contributed by atoms with Gasteiger partial charge < -0.3 is 29.3 Å². The number of benzene rings is 1. The third-order valence-electron chi connectivity index (χ3n) is 7.50. The quantitative estimate of drug-likeness (QED) is 0.381. The molecule has 1 aromatic carbocycles. The van der Waals surface area contributed by atoms with Gasteiger partial charge in [0.15, 0.2) is 17.1 Å². The van der Waals surface area contributed by atoms with Gasteiger partial charge in [-0.15, -0.1) is 0 Å². The molecule has 0 aliphatic carbocycles. The van der Waals surface area contributed by atoms with Gasteiger partial charge in [0.2, 0.25) is 17.4 Å². The van der Waals surface area contributed by atoms with Gasteiger partial charge in [-0.2, -0.15) is 0 Å². The molecule has 4 amide bonds. The summed E-state index contributed by atoms with van der Waals surface area (Å²) in [5.74, 6) is -1.99. The predicted molar refractivity (Wildman–Crippen MR) is 117 cm³/mol. The van der Waals surface area contributed by atoms with Crippen molar-refractivity contribution in [1.29, 1.82) is 0 Å². The van der Waals surface area contributed by atoms with Crippen LogP contribution < -0.4 is 20.4 Å². The minimum Gasteiger partial charge on any atom is -0.389 e. The van der Waals surface area contributed by atoms with Gasteiger partial charge in [-0.3, -0.25) is 20.2 Å². The second-order valence-corrected chi connectivity index (χ2v) is 9.76. The van der Waals surface area contributed by atoms with E-state index in [1.165, 1.54) is 0 Å². The number of nitrogens with zero attached hydrogens (tertiary/aromatic N) is 3. The number of nitrogens with one attached hydrogen (secondary N) is 2. The zero-order valence-electron chi connectivity index (χ0n) is 18.9. The topological polar surface area (TPSA) is 157 Å². The van der Waals surface area contributed by atoms with E-state index in [0.29, 0.717) is 10.9 Å². The number of carbonyl (C=O) groups is 3. The molecule has 3 fully saturated rings. The lowest BCUT2D eigenvalue weighted by Gasteiger charge is -2.55. The Balaban J connectivity index is 1.55. The zero-order valence-corrected chi connectivity index (χ0v) is 18.9. The highest BCUT2D eigenvalue weighted by Crippen LogP contribution is 2.49. The molecule has 12 nitrogen and oxygen atoms in total. The Morgan fingerprint density at radius 1 is 1.11 bits per heavy atom. The summed E-state index contributed by atoms with van der Waals surface area (Å²) in [7, 11) is 0. The number of aliphatic hydroxyl groups is 2. The maximum Gasteiger partial charge on any atom is 0.328 e. The average molecular weight is 489 g/mol. The highest BCUT2D eigenvalue weighted by atomic mass is 19.1. The highest BCUT2D eigenvalue weighted by Gasteiger charge is 2.63. The van der Waals surface area contributed by atoms with Crippen LogP contribution in [0.4, 0.5) is 20.7 Å². The van der Waals surface area contributed by atoms with Crippen LogP contribution in [0.5, 0.6) is 0 Å². The fraction of sp³-hybridized carbons (Fsp3) is 0.545. The third-order valence-corrected chi connectivity index (χ3v) is 7.50. The van der Waals surface area contributed by atoms with E-state index in [0.717, 1.165) is 0 Å². The fourth-order valence-electron chi connectivity index (χ4n) is 6.11. The molecule has 2 aromatic rings. The summed E-state index contributed by atoms with van der Waals surface area (Å²) in [6, 6.07) is -0.163. The van der Waals surface area contributed by atoms with Gasteiger partial charge >= 0.3 is 6.03 Å². The molecular weight excluding hydrogens is 465 g/mol. The lowest BCUT2D eigenvalue weighted by atomic mass is 9.66. The monoisotopic (exact) mass is 489 g/mol. The molecule has 0 radical (unpaired) electrons. The van der Waals surface area contributed by atoms with Crippen LogP contribution in [-0.2, 0) is 20.7 Å². The molecule has 5 heterocycles. The Kier molecular flexibility index (Phi) is 4.66. The minimum absolute atomic E-state index is 0.0823. The summed E-state index contributed by atoms with van der Waals surface area (Å²) in [5.41, 5.74) is -1.28. The van der Waals surface area contributed by atoms with Crippen molar-refractivity contribution in [3.63, 3.8) is 0 Å². The standard InChI is InChI=1S/C22H24FN5O7/c1-8-5-28-15-10(4-22(17(28)9(2)34-8)19(31)24-21(33)25-20(22)32)3-11-16(14(15)23)35-26-18(11)27-6-12(29)13(30)7-27/h3,8-9,12-13,17,29-30H,4-7H2,1-2H3,(H2,24,25,31,32,33)/t8-,9+,12+,13+,17-/m1/s1. The second-order valence-electron chi connectivity index (χ2n) is 9.76. The van der Waals surface area contributed by atoms with Gasteiger partial charge in [-0.25, -0.2) is 9.18 Å². The number of rotatable bonds is 1. The summed E-state index contributed by atoms with van der Waals surface area (Å²) in [4.78, 5) is 41.6. The molecule has 6 rings (SSSR count). The van der Waals surface area contributed by atoms with E-state index in [1.54, 1.807) is 22.8 Å². The number of aromatic nitrogens is 1. The number of anilines is 2. The number of urea groups is 1. The number of barbiturate groups is 1. The summed E-state index contributed by atoms with van der Waals surface area (Å²) in [5, 5.41) is 28.6. The van der Waals surface area contributed by atoms with E-state index in [2.05, 4.69) is 15.8 Å². The molecule has 1 spiro atoms. The van der Waals surface area contributed by atoms with Gasteiger partial charge in [-0.1, -0.05) is 5.16 Å². The van der Waals surface area contributed by atoms with Gasteiger partial charge in [-0.05, 0) is 25.5 Å². The number of morpholine rings is 1. The minimum atomic E-state index is -1.74. The number of halogens is 1. The summed E-state index contributed by atoms with van der Waals surface area (Å²) >= 11 is 0. The number of hydrogen-bond acceptors (Lipinski definition) is 10. The molecule has 35 heavy (non-hydrogen) atoms. The lowest BCUT2D eigenvalue weighted by molar-refractivity contribution is -0.153. The maximum atomic E-state index is 16.1. The van der Waals surface area contributed by atoms with Crippen molar-refractivity contribution in [1.82, 2.24) is 15.8 Å². The van der Waals surface area contributed by atoms with E-state index >= 15 is 4.39 Å². The number of ether oxygens (including phenoxy) is 1. The van der Waals surface area contributed by atoms with Gasteiger partial charge in [0.05, 0.1) is 41.5 Å². The number of carbonyl (C=O) groups excluding carboxylic acids is 3. The summed E-state index contributed by atoms with van der Waals surface area (Å²) in [6.45, 7) is 3.89. The normalized spacial score (nSPS) is 32.0. The van der Waals surface area contributed by atoms with E-state index in [1.807, 2.05) is 6.92 Å². The van der Waals surface area contributed by atoms with Crippen molar-refractivity contribution in [2.75, 3.05) is 29.4 Å². The lowest BCUT2D eigenvalue weighted by Crippen LogP contribution is -2.75. The molecule has 5 atom stereocenters. The van der Waals surface area contributed by atoms with E-state index in [-0.39, 0.29) is 49.2 Å². The van der Waals surface area contributed by atoms with Crippen LogP contribution in [0.25, 0.3) is 11.0 Å². The molecule has 13 heteroatoms. The first kappa shape index (κ1) is 22.2. The summed E-state index contributed by atoms with van der Waals surface area (Å²) < 4.78 is 27.4. The number of β-amino-alcohol motifs (C(OH)–C–C–N with tert-alkyl or cyclic N) is 2. The smallest absolute Gasteiger partial charge is 0.328 e. The number of imide groups is 2. The van der Waals surface area contributed by atoms with Crippen molar-refractivity contribution >= 4 is 40.3 Å². The Labute approximate surface area is 198 Å². The first-order valence-corrected chi connectivity index (χ1v) is 11.4. The van der Waals surface area contributed by atoms with Crippen LogP contribution in [0.1, 0.15) is 19.4 Å². The third kappa shape index (κ3) is 2.95. The van der Waals surface area contributed by atoms with Crippen molar-refractivity contribution in [3.05, 3.63) is 17.4 Å². The van der Waals surface area contributed by atoms with Crippen LogP contribution in [-0.4, -0.2) is 83.3 Å². The Bertz CT molecular complexity index is 1250. The van der Waals surface area contributed by atoms with Crippen molar-refractivity contribution < 1.29 is 38.2 Å². The highest BCUT2D eigenvalue weighted by molar-refractivity contribution is 6.20. The Hall–Kier alpha value is -3.29. The van der Waals surface area contributed by atoms with Gasteiger partial charge in [0, 0.05) is 26.1 Å². The number of hydrogen-bond donors (Lipinski definition) is 4. The van der Waals surface area contributed by atoms with E-state index in [4.69, 9.17) is 9.26 Å². The van der Waals surface area contributed by atoms with E-state index in [9.17, 15) is 24.6 Å². The fourth-order valence-corrected chi connectivity index (χ4v) is 6.11. The van der Waals surface area contributed by atoms with Crippen LogP contribution in [0, 0.1) is 11.2 Å². The molecule has 186 valence electrons. The van der Waals surface area contributed by atoms with Crippen molar-refractivity contribution in [2.45, 2.75) is 50.7 Å². The number of amides is 4. The first-order valence-electron chi connectivity index (χ1n) is 11.4. The maximum absolute atomic E-state index is 16.1. The van der Waals surface area contributed by atoms with E-state index < -0.39 is 53.4 Å². The molecule has 3 saturated heterocycles. The number of aliphatic hydroxyl groups excluding tert-OH is 2. The molecule has 4 aliphatic heterocycles. The summed E-state index contributed by atoms with van der Waals surface area (Å²) in [6.07, 6.45) is -3.12. The molecule has 1 aromatic heterocycles. The van der Waals surface area contributed by atoms with Crippen molar-refractivity contribution in [3.8, 4) is 0 Å². The van der Waals surface area contributed by atoms with Gasteiger partial charge in [0.1, 0.15) is 0 Å². The van der Waals surface area contributed by atoms with Crippen LogP contribution >= 0.6 is 0 Å². The van der Waals surface area contributed by atoms with Crippen LogP contribution in [0.3, 0.4) is 0 Å². The largest absolute Gasteiger partial charge is 0.389 e. The molecule has 0 bridgehead atoms. The molecule has 0 unspecified atom stereocenters. The predicted octanol–water partition coefficient (Wildman–Crippen LogP) is -0.601. The Morgan fingerprint density at radius 2 is 1.77 bits per heavy atom. The molecule has 0 saturated carbocycles.